The Labute approximate surface area is 247 Å². The van der Waals surface area contributed by atoms with Crippen LogP contribution in [0.1, 0.15) is 43.2 Å². The van der Waals surface area contributed by atoms with Crippen LogP contribution in [-0.4, -0.2) is 50.4 Å². The van der Waals surface area contributed by atoms with Crippen LogP contribution in [0.2, 0.25) is 0 Å². The monoisotopic (exact) mass is 563 g/mol. The Morgan fingerprint density at radius 2 is 1.52 bits per heavy atom. The molecule has 3 aliphatic heterocycles. The van der Waals surface area contributed by atoms with Crippen LogP contribution in [0.3, 0.4) is 0 Å². The molecule has 5 heteroatoms. The van der Waals surface area contributed by atoms with Crippen molar-refractivity contribution < 1.29 is 18.8 Å². The molecule has 5 aliphatic rings. The molecule has 216 valence electrons. The summed E-state index contributed by atoms with van der Waals surface area (Å²) in [5.41, 5.74) is 4.90. The van der Waals surface area contributed by atoms with E-state index in [1.165, 1.54) is 64.0 Å². The minimum atomic E-state index is -0.871. The topological polar surface area (TPSA) is 26.1 Å². The lowest BCUT2D eigenvalue weighted by Crippen LogP contribution is -3.09. The van der Waals surface area contributed by atoms with Crippen molar-refractivity contribution in [3.05, 3.63) is 112 Å². The van der Waals surface area contributed by atoms with Gasteiger partial charge in [0.25, 0.3) is 0 Å². The van der Waals surface area contributed by atoms with Gasteiger partial charge in [-0.15, -0.1) is 0 Å². The van der Waals surface area contributed by atoms with Crippen LogP contribution < -0.4 is 15.3 Å². The normalized spacial score (nSPS) is 29.3. The van der Waals surface area contributed by atoms with E-state index < -0.39 is 5.60 Å². The maximum atomic E-state index is 14.7. The molecule has 4 unspecified atom stereocenters. The van der Waals surface area contributed by atoms with Crippen LogP contribution in [0.15, 0.2) is 84.9 Å². The quantitative estimate of drug-likeness (QED) is 0.519. The maximum absolute atomic E-state index is 14.7. The molecular formula is C37H40FN2O2+. The Morgan fingerprint density at radius 3 is 2.24 bits per heavy atom. The number of quaternary nitrogens is 1. The lowest BCUT2D eigenvalue weighted by atomic mass is 9.71. The second-order valence-corrected chi connectivity index (χ2v) is 12.8. The van der Waals surface area contributed by atoms with Crippen LogP contribution in [0.25, 0.3) is 11.3 Å². The number of nitrogens with zero attached hydrogens (tertiary/aromatic N) is 1. The van der Waals surface area contributed by atoms with E-state index in [1.54, 1.807) is 12.1 Å². The first kappa shape index (κ1) is 26.4. The molecule has 2 saturated heterocycles. The van der Waals surface area contributed by atoms with Crippen molar-refractivity contribution in [2.45, 2.75) is 43.8 Å². The summed E-state index contributed by atoms with van der Waals surface area (Å²) in [7, 11) is 0. The molecule has 3 heterocycles. The Kier molecular flexibility index (Phi) is 6.78. The SMILES string of the molecule is Fc1cccc(C2(c3ccc([NH+]4CCOCC4)cc3)C=CC3=c4ccccc4=C(N4CCC5CCC5CC4)CC3O2)c1. The summed E-state index contributed by atoms with van der Waals surface area (Å²) in [5, 5.41) is 2.62. The van der Waals surface area contributed by atoms with Crippen molar-refractivity contribution in [3.63, 3.8) is 0 Å². The number of nitrogens with one attached hydrogen (secondary N) is 1. The molecular weight excluding hydrogens is 523 g/mol. The number of likely N-dealkylation sites (tertiary alicyclic amines) is 1. The number of halogens is 1. The van der Waals surface area contributed by atoms with Crippen molar-refractivity contribution in [1.29, 1.82) is 0 Å². The van der Waals surface area contributed by atoms with E-state index in [9.17, 15) is 4.39 Å². The van der Waals surface area contributed by atoms with Gasteiger partial charge in [0.1, 0.15) is 30.2 Å². The Bertz CT molecular complexity index is 1610. The van der Waals surface area contributed by atoms with Gasteiger partial charge in [-0.05, 0) is 102 Å². The minimum absolute atomic E-state index is 0.118. The first-order valence-corrected chi connectivity index (χ1v) is 15.9. The van der Waals surface area contributed by atoms with Gasteiger partial charge < -0.3 is 14.4 Å². The molecule has 2 aliphatic carbocycles. The molecule has 3 aromatic carbocycles. The average molecular weight is 564 g/mol. The number of morpholine rings is 1. The fraction of sp³-hybridized carbons (Fsp3) is 0.405. The van der Waals surface area contributed by atoms with Gasteiger partial charge in [0.2, 0.25) is 0 Å². The third kappa shape index (κ3) is 4.54. The molecule has 1 N–H and O–H groups in total. The number of rotatable bonds is 4. The highest BCUT2D eigenvalue weighted by Gasteiger charge is 2.42. The Balaban J connectivity index is 1.21. The van der Waals surface area contributed by atoms with Crippen molar-refractivity contribution in [3.8, 4) is 0 Å². The third-order valence-electron chi connectivity index (χ3n) is 10.7. The lowest BCUT2D eigenvalue weighted by molar-refractivity contribution is -0.842. The standard InChI is InChI=1S/C37H39FN2O2/c38-30-5-3-4-29(24-30)37(28-10-12-31(13-11-28)39-20-22-41-23-21-39)17-14-34-32-6-1-2-7-33(32)35(25-36(34)42-37)40-18-15-26-8-9-27(26)16-19-40/h1-7,10-14,17,24,26-27,36H,8-9,15-16,18-23,25H2/p+1. The smallest absolute Gasteiger partial charge is 0.138 e. The molecule has 0 amide bonds. The highest BCUT2D eigenvalue weighted by atomic mass is 19.1. The van der Waals surface area contributed by atoms with E-state index in [0.717, 1.165) is 68.8 Å². The molecule has 0 spiro atoms. The van der Waals surface area contributed by atoms with Crippen molar-refractivity contribution in [1.82, 2.24) is 4.90 Å². The molecule has 4 nitrogen and oxygen atoms in total. The van der Waals surface area contributed by atoms with Crippen LogP contribution in [-0.2, 0) is 15.1 Å². The van der Waals surface area contributed by atoms with Gasteiger partial charge >= 0.3 is 0 Å². The van der Waals surface area contributed by atoms with Crippen LogP contribution in [0.4, 0.5) is 10.1 Å². The molecule has 4 atom stereocenters. The van der Waals surface area contributed by atoms with Gasteiger partial charge in [0.05, 0.1) is 19.3 Å². The molecule has 42 heavy (non-hydrogen) atoms. The zero-order chi connectivity index (χ0) is 28.1. The molecule has 1 saturated carbocycles. The lowest BCUT2D eigenvalue weighted by Gasteiger charge is -2.42. The van der Waals surface area contributed by atoms with Crippen LogP contribution >= 0.6 is 0 Å². The summed E-state index contributed by atoms with van der Waals surface area (Å²) >= 11 is 0. The van der Waals surface area contributed by atoms with Gasteiger partial charge in [-0.2, -0.15) is 0 Å². The van der Waals surface area contributed by atoms with Gasteiger partial charge in [-0.1, -0.05) is 42.5 Å². The predicted octanol–water partition coefficient (Wildman–Crippen LogP) is 4.06. The van der Waals surface area contributed by atoms with Gasteiger partial charge in [-0.3, -0.25) is 4.90 Å². The van der Waals surface area contributed by atoms with E-state index in [1.807, 2.05) is 6.07 Å². The third-order valence-corrected chi connectivity index (χ3v) is 10.7. The zero-order valence-corrected chi connectivity index (χ0v) is 24.2. The van der Waals surface area contributed by atoms with E-state index in [-0.39, 0.29) is 11.9 Å². The van der Waals surface area contributed by atoms with Gasteiger partial charge in [-0.25, -0.2) is 4.39 Å². The predicted molar refractivity (Wildman–Crippen MR) is 163 cm³/mol. The largest absolute Gasteiger partial charge is 0.374 e. The summed E-state index contributed by atoms with van der Waals surface area (Å²) in [6.45, 7) is 5.78. The second-order valence-electron chi connectivity index (χ2n) is 12.8. The summed E-state index contributed by atoms with van der Waals surface area (Å²) in [4.78, 5) is 4.11. The average Bonchev–Trinajstić information content (AvgIpc) is 3.17. The van der Waals surface area contributed by atoms with Crippen LogP contribution in [0, 0.1) is 17.7 Å². The fourth-order valence-corrected chi connectivity index (χ4v) is 8.13. The molecule has 0 radical (unpaired) electrons. The number of fused-ring (bicyclic) bond motifs is 3. The first-order valence-electron chi connectivity index (χ1n) is 15.9. The summed E-state index contributed by atoms with van der Waals surface area (Å²) in [6.07, 6.45) is 10.5. The van der Waals surface area contributed by atoms with Gasteiger partial charge in [0, 0.05) is 30.4 Å². The number of ether oxygens (including phenoxy) is 2. The Morgan fingerprint density at radius 1 is 0.786 bits per heavy atom. The van der Waals surface area contributed by atoms with E-state index in [0.29, 0.717) is 0 Å². The molecule has 8 rings (SSSR count). The molecule has 3 aromatic rings. The van der Waals surface area contributed by atoms with E-state index >= 15 is 0 Å². The van der Waals surface area contributed by atoms with Crippen molar-refractivity contribution >= 4 is 17.0 Å². The summed E-state index contributed by atoms with van der Waals surface area (Å²) < 4.78 is 27.6. The van der Waals surface area contributed by atoms with Crippen molar-refractivity contribution in [2.24, 2.45) is 11.8 Å². The highest BCUT2D eigenvalue weighted by Crippen LogP contribution is 2.45. The Hall–Kier alpha value is -3.25. The van der Waals surface area contributed by atoms with Crippen LogP contribution in [0.5, 0.6) is 0 Å². The molecule has 3 fully saturated rings. The summed E-state index contributed by atoms with van der Waals surface area (Å²) in [5.74, 6) is 1.58. The minimum Gasteiger partial charge on any atom is -0.374 e. The number of hydrogen-bond donors (Lipinski definition) is 1. The highest BCUT2D eigenvalue weighted by molar-refractivity contribution is 5.70. The van der Waals surface area contributed by atoms with Gasteiger partial charge in [0.15, 0.2) is 0 Å². The number of hydrogen-bond acceptors (Lipinski definition) is 3. The molecule has 0 bridgehead atoms. The van der Waals surface area contributed by atoms with Crippen molar-refractivity contribution in [2.75, 3.05) is 39.4 Å². The second kappa shape index (κ2) is 10.8. The van der Waals surface area contributed by atoms with E-state index in [2.05, 4.69) is 65.6 Å². The number of benzene rings is 3. The molecule has 0 aromatic heterocycles. The van der Waals surface area contributed by atoms with E-state index in [4.69, 9.17) is 9.47 Å². The first-order chi connectivity index (χ1) is 20.7. The fourth-order valence-electron chi connectivity index (χ4n) is 8.13. The zero-order valence-electron chi connectivity index (χ0n) is 24.2. The maximum Gasteiger partial charge on any atom is 0.138 e. The summed E-state index contributed by atoms with van der Waals surface area (Å²) in [6, 6.07) is 24.6.